The van der Waals surface area contributed by atoms with E-state index in [0.29, 0.717) is 18.3 Å². The number of rotatable bonds is 4. The lowest BCUT2D eigenvalue weighted by molar-refractivity contribution is -0.126. The van der Waals surface area contributed by atoms with Crippen LogP contribution < -0.4 is 0 Å². The Morgan fingerprint density at radius 3 is 2.60 bits per heavy atom. The van der Waals surface area contributed by atoms with Gasteiger partial charge in [-0.3, -0.25) is 4.79 Å². The molecule has 2 saturated heterocycles. The predicted octanol–water partition coefficient (Wildman–Crippen LogP) is 1.94. The van der Waals surface area contributed by atoms with Crippen molar-refractivity contribution in [2.45, 2.75) is 44.6 Å². The Morgan fingerprint density at radius 2 is 1.93 bits per heavy atom. The number of ketones is 1. The lowest BCUT2D eigenvalue weighted by atomic mass is 9.92. The molecule has 0 aromatic heterocycles. The molecule has 2 rings (SSSR count). The van der Waals surface area contributed by atoms with E-state index < -0.39 is 0 Å². The lowest BCUT2D eigenvalue weighted by Crippen LogP contribution is -2.24. The van der Waals surface area contributed by atoms with Gasteiger partial charge in [0.25, 0.3) is 0 Å². The normalized spacial score (nSPS) is 28.1. The molecule has 2 aliphatic rings. The zero-order valence-electron chi connectivity index (χ0n) is 9.24. The fourth-order valence-corrected chi connectivity index (χ4v) is 2.40. The summed E-state index contributed by atoms with van der Waals surface area (Å²) in [6.45, 7) is 2.41. The molecule has 86 valence electrons. The van der Waals surface area contributed by atoms with Crippen molar-refractivity contribution in [2.24, 2.45) is 5.92 Å². The van der Waals surface area contributed by atoms with Crippen molar-refractivity contribution in [1.82, 2.24) is 0 Å². The summed E-state index contributed by atoms with van der Waals surface area (Å²) in [4.78, 5) is 11.8. The van der Waals surface area contributed by atoms with Crippen LogP contribution in [0, 0.1) is 5.92 Å². The summed E-state index contributed by atoms with van der Waals surface area (Å²) in [5.41, 5.74) is 0. The molecule has 0 radical (unpaired) electrons. The smallest absolute Gasteiger partial charge is 0.136 e. The van der Waals surface area contributed by atoms with Gasteiger partial charge in [-0.2, -0.15) is 0 Å². The van der Waals surface area contributed by atoms with E-state index >= 15 is 0 Å². The zero-order chi connectivity index (χ0) is 10.5. The molecule has 0 aromatic carbocycles. The van der Waals surface area contributed by atoms with E-state index in [0.717, 1.165) is 51.9 Å². The minimum Gasteiger partial charge on any atom is -0.381 e. The van der Waals surface area contributed by atoms with Crippen LogP contribution in [0.4, 0.5) is 0 Å². The van der Waals surface area contributed by atoms with Crippen LogP contribution in [-0.2, 0) is 14.3 Å². The molecule has 0 aromatic rings. The quantitative estimate of drug-likeness (QED) is 0.714. The van der Waals surface area contributed by atoms with Crippen LogP contribution in [-0.4, -0.2) is 31.7 Å². The van der Waals surface area contributed by atoms with Gasteiger partial charge < -0.3 is 9.47 Å². The van der Waals surface area contributed by atoms with Crippen LogP contribution >= 0.6 is 0 Å². The summed E-state index contributed by atoms with van der Waals surface area (Å²) in [6.07, 6.45) is 6.13. The van der Waals surface area contributed by atoms with Crippen molar-refractivity contribution in [2.75, 3.05) is 19.8 Å². The van der Waals surface area contributed by atoms with E-state index in [1.54, 1.807) is 0 Å². The van der Waals surface area contributed by atoms with Gasteiger partial charge >= 0.3 is 0 Å². The molecule has 2 fully saturated rings. The molecule has 15 heavy (non-hydrogen) atoms. The Labute approximate surface area is 91.1 Å². The molecule has 0 spiro atoms. The van der Waals surface area contributed by atoms with Crippen LogP contribution in [0.5, 0.6) is 0 Å². The molecule has 1 unspecified atom stereocenters. The van der Waals surface area contributed by atoms with Gasteiger partial charge in [-0.05, 0) is 32.1 Å². The number of carbonyl (C=O) groups excluding carboxylic acids is 1. The maximum Gasteiger partial charge on any atom is 0.136 e. The van der Waals surface area contributed by atoms with Gasteiger partial charge in [-0.15, -0.1) is 0 Å². The summed E-state index contributed by atoms with van der Waals surface area (Å²) in [7, 11) is 0. The van der Waals surface area contributed by atoms with E-state index in [9.17, 15) is 4.79 Å². The van der Waals surface area contributed by atoms with Gasteiger partial charge in [0.1, 0.15) is 5.78 Å². The van der Waals surface area contributed by atoms with Crippen LogP contribution in [0.1, 0.15) is 38.5 Å². The minimum absolute atomic E-state index is 0.264. The van der Waals surface area contributed by atoms with E-state index in [4.69, 9.17) is 9.47 Å². The van der Waals surface area contributed by atoms with Gasteiger partial charge in [-0.25, -0.2) is 0 Å². The highest BCUT2D eigenvalue weighted by atomic mass is 16.5. The molecule has 2 heterocycles. The molecular formula is C12H20O3. The monoisotopic (exact) mass is 212 g/mol. The Hall–Kier alpha value is -0.410. The fraction of sp³-hybridized carbons (Fsp3) is 0.917. The number of Topliss-reactive ketones (excluding diaryl/α,β-unsaturated/α-hetero) is 1. The highest BCUT2D eigenvalue weighted by molar-refractivity contribution is 5.81. The van der Waals surface area contributed by atoms with Crippen molar-refractivity contribution in [1.29, 1.82) is 0 Å². The summed E-state index contributed by atoms with van der Waals surface area (Å²) in [5, 5.41) is 0. The average Bonchev–Trinajstić information content (AvgIpc) is 2.80. The lowest BCUT2D eigenvalue weighted by Gasteiger charge is -2.21. The van der Waals surface area contributed by atoms with E-state index in [1.807, 2.05) is 0 Å². The van der Waals surface area contributed by atoms with Crippen molar-refractivity contribution >= 4 is 5.78 Å². The first-order chi connectivity index (χ1) is 7.36. The molecule has 0 amide bonds. The first-order valence-corrected chi connectivity index (χ1v) is 6.08. The van der Waals surface area contributed by atoms with Crippen LogP contribution in [0.3, 0.4) is 0 Å². The van der Waals surface area contributed by atoms with Crippen molar-refractivity contribution in [3.63, 3.8) is 0 Å². The minimum atomic E-state index is 0.264. The second-order valence-electron chi connectivity index (χ2n) is 4.53. The van der Waals surface area contributed by atoms with Gasteiger partial charge in [-0.1, -0.05) is 0 Å². The van der Waals surface area contributed by atoms with Crippen LogP contribution in [0.2, 0.25) is 0 Å². The first-order valence-electron chi connectivity index (χ1n) is 6.08. The average molecular weight is 212 g/mol. The van der Waals surface area contributed by atoms with Gasteiger partial charge in [0.2, 0.25) is 0 Å². The molecular weight excluding hydrogens is 192 g/mol. The maximum atomic E-state index is 11.8. The predicted molar refractivity (Wildman–Crippen MR) is 56.8 cm³/mol. The molecule has 0 N–H and O–H groups in total. The third kappa shape index (κ3) is 3.28. The number of carbonyl (C=O) groups is 1. The summed E-state index contributed by atoms with van der Waals surface area (Å²) in [5.74, 6) is 0.689. The highest BCUT2D eigenvalue weighted by Crippen LogP contribution is 2.21. The molecule has 0 aliphatic carbocycles. The zero-order valence-corrected chi connectivity index (χ0v) is 9.24. The topological polar surface area (TPSA) is 35.5 Å². The Balaban J connectivity index is 1.66. The largest absolute Gasteiger partial charge is 0.381 e. The standard InChI is InChI=1S/C12H20O3/c13-12(10-5-8-14-9-6-10)4-3-11-2-1-7-15-11/h10-11H,1-9H2. The Morgan fingerprint density at radius 1 is 1.13 bits per heavy atom. The van der Waals surface area contributed by atoms with Crippen molar-refractivity contribution in [3.8, 4) is 0 Å². The molecule has 0 bridgehead atoms. The van der Waals surface area contributed by atoms with Crippen molar-refractivity contribution < 1.29 is 14.3 Å². The molecule has 3 nitrogen and oxygen atoms in total. The van der Waals surface area contributed by atoms with E-state index in [1.165, 1.54) is 0 Å². The van der Waals surface area contributed by atoms with E-state index in [-0.39, 0.29) is 5.92 Å². The summed E-state index contributed by atoms with van der Waals surface area (Å²) < 4.78 is 10.8. The SMILES string of the molecule is O=C(CCC1CCCO1)C1CCOCC1. The fourth-order valence-electron chi connectivity index (χ4n) is 2.40. The van der Waals surface area contributed by atoms with E-state index in [2.05, 4.69) is 0 Å². The first kappa shape index (κ1) is 11.1. The summed E-state index contributed by atoms with van der Waals surface area (Å²) >= 11 is 0. The second-order valence-corrected chi connectivity index (χ2v) is 4.53. The van der Waals surface area contributed by atoms with Gasteiger partial charge in [0, 0.05) is 32.2 Å². The Bertz CT molecular complexity index is 203. The maximum absolute atomic E-state index is 11.8. The molecule has 1 atom stereocenters. The molecule has 0 saturated carbocycles. The van der Waals surface area contributed by atoms with Crippen molar-refractivity contribution in [3.05, 3.63) is 0 Å². The van der Waals surface area contributed by atoms with Crippen LogP contribution in [0.15, 0.2) is 0 Å². The van der Waals surface area contributed by atoms with Gasteiger partial charge in [0.15, 0.2) is 0 Å². The van der Waals surface area contributed by atoms with Crippen LogP contribution in [0.25, 0.3) is 0 Å². The third-order valence-electron chi connectivity index (χ3n) is 3.41. The number of hydrogen-bond donors (Lipinski definition) is 0. The molecule has 2 aliphatic heterocycles. The van der Waals surface area contributed by atoms with Gasteiger partial charge in [0.05, 0.1) is 6.10 Å². The Kier molecular flexibility index (Phi) is 4.15. The highest BCUT2D eigenvalue weighted by Gasteiger charge is 2.23. The third-order valence-corrected chi connectivity index (χ3v) is 3.41. The number of ether oxygens (including phenoxy) is 2. The molecule has 3 heteroatoms. The second kappa shape index (κ2) is 5.61. The number of hydrogen-bond acceptors (Lipinski definition) is 3. The summed E-state index contributed by atoms with van der Waals surface area (Å²) in [6, 6.07) is 0.